The third kappa shape index (κ3) is 6.01. The zero-order valence-corrected chi connectivity index (χ0v) is 25.2. The molecule has 1 saturated heterocycles. The van der Waals surface area contributed by atoms with Crippen LogP contribution >= 0.6 is 0 Å². The molecule has 5 aromatic rings. The summed E-state index contributed by atoms with van der Waals surface area (Å²) in [7, 11) is 5.29. The van der Waals surface area contributed by atoms with E-state index >= 15 is 0 Å². The molecule has 3 N–H and O–H groups in total. The predicted molar refractivity (Wildman–Crippen MR) is 166 cm³/mol. The number of aromatic nitrogens is 7. The Kier molecular flexibility index (Phi) is 7.82. The number of carbonyl (C=O) groups excluding carboxylic acids is 1. The molecule has 44 heavy (non-hydrogen) atoms. The summed E-state index contributed by atoms with van der Waals surface area (Å²) in [6, 6.07) is 7.82. The number of hydrogen-bond acceptors (Lipinski definition) is 10. The van der Waals surface area contributed by atoms with Crippen molar-refractivity contribution in [2.24, 2.45) is 7.05 Å². The van der Waals surface area contributed by atoms with Gasteiger partial charge in [-0.25, -0.2) is 19.3 Å². The molecule has 0 bridgehead atoms. The molecule has 1 unspecified atom stereocenters. The number of halogens is 1. The zero-order chi connectivity index (χ0) is 31.0. The fourth-order valence-corrected chi connectivity index (χ4v) is 5.26. The molecule has 13 nitrogen and oxygen atoms in total. The number of nitrogens with zero attached hydrogens (tertiary/aromatic N) is 8. The fraction of sp³-hybridized carbons (Fsp3) is 0.333. The average Bonchev–Trinajstić information content (AvgIpc) is 3.69. The van der Waals surface area contributed by atoms with E-state index in [1.54, 1.807) is 29.9 Å². The lowest BCUT2D eigenvalue weighted by Gasteiger charge is -2.17. The van der Waals surface area contributed by atoms with Crippen molar-refractivity contribution in [2.75, 3.05) is 49.3 Å². The molecule has 1 aliphatic rings. The molecular formula is C30H34FN11O2. The maximum absolute atomic E-state index is 13.9. The molecule has 1 aromatic carbocycles. The number of likely N-dealkylation sites (tertiary alicyclic amines) is 1. The molecule has 14 heteroatoms. The lowest BCUT2D eigenvalue weighted by Crippen LogP contribution is -2.33. The van der Waals surface area contributed by atoms with Crippen LogP contribution in [0, 0.1) is 19.7 Å². The van der Waals surface area contributed by atoms with Crippen LogP contribution in [0.1, 0.15) is 17.7 Å². The second-order valence-corrected chi connectivity index (χ2v) is 11.1. The van der Waals surface area contributed by atoms with Crippen molar-refractivity contribution < 1.29 is 13.9 Å². The van der Waals surface area contributed by atoms with E-state index in [1.807, 2.05) is 56.3 Å². The number of hydrogen-bond donors (Lipinski definition) is 3. The van der Waals surface area contributed by atoms with Crippen LogP contribution in [0.2, 0.25) is 0 Å². The van der Waals surface area contributed by atoms with E-state index in [0.717, 1.165) is 39.6 Å². The number of fused-ring (bicyclic) bond motifs is 1. The van der Waals surface area contributed by atoms with Gasteiger partial charge in [-0.15, -0.1) is 0 Å². The van der Waals surface area contributed by atoms with Gasteiger partial charge in [-0.05, 0) is 31.9 Å². The Bertz CT molecular complexity index is 1810. The molecule has 4 aromatic heterocycles. The number of carbonyl (C=O) groups is 1. The van der Waals surface area contributed by atoms with Gasteiger partial charge >= 0.3 is 6.01 Å². The maximum atomic E-state index is 13.9. The Balaban J connectivity index is 1.12. The number of H-pyrrole nitrogens is 1. The normalized spacial score (nSPS) is 15.1. The van der Waals surface area contributed by atoms with E-state index < -0.39 is 5.82 Å². The van der Waals surface area contributed by atoms with Crippen molar-refractivity contribution in [1.29, 1.82) is 0 Å². The monoisotopic (exact) mass is 599 g/mol. The summed E-state index contributed by atoms with van der Waals surface area (Å²) in [4.78, 5) is 37.3. The Morgan fingerprint density at radius 3 is 2.82 bits per heavy atom. The number of rotatable bonds is 9. The average molecular weight is 600 g/mol. The van der Waals surface area contributed by atoms with Crippen molar-refractivity contribution >= 4 is 40.1 Å². The van der Waals surface area contributed by atoms with Crippen molar-refractivity contribution in [3.63, 3.8) is 0 Å². The van der Waals surface area contributed by atoms with E-state index in [0.29, 0.717) is 37.0 Å². The summed E-state index contributed by atoms with van der Waals surface area (Å²) >= 11 is 0. The van der Waals surface area contributed by atoms with E-state index in [9.17, 15) is 9.18 Å². The minimum atomic E-state index is -0.513. The zero-order valence-electron chi connectivity index (χ0n) is 25.2. The molecule has 6 rings (SSSR count). The first-order valence-electron chi connectivity index (χ1n) is 14.2. The van der Waals surface area contributed by atoms with Crippen molar-refractivity contribution in [2.45, 2.75) is 26.4 Å². The van der Waals surface area contributed by atoms with Gasteiger partial charge in [0.25, 0.3) is 0 Å². The smallest absolute Gasteiger partial charge is 0.318 e. The summed E-state index contributed by atoms with van der Waals surface area (Å²) in [5.74, 6) is 0.622. The second-order valence-electron chi connectivity index (χ2n) is 11.1. The maximum Gasteiger partial charge on any atom is 0.318 e. The summed E-state index contributed by atoms with van der Waals surface area (Å²) in [6.45, 7) is 5.35. The molecule has 1 amide bonds. The molecule has 1 fully saturated rings. The van der Waals surface area contributed by atoms with Gasteiger partial charge in [0, 0.05) is 69.3 Å². The lowest BCUT2D eigenvalue weighted by atomic mass is 10.1. The number of anilines is 4. The highest BCUT2D eigenvalue weighted by Gasteiger charge is 2.27. The largest absolute Gasteiger partial charge is 0.459 e. The van der Waals surface area contributed by atoms with Crippen LogP contribution in [0.15, 0.2) is 42.9 Å². The van der Waals surface area contributed by atoms with Crippen molar-refractivity contribution in [3.8, 4) is 17.3 Å². The number of aryl methyl sites for hydroxylation is 3. The van der Waals surface area contributed by atoms with Gasteiger partial charge in [0.2, 0.25) is 11.9 Å². The molecule has 0 radical (unpaired) electrons. The third-order valence-corrected chi connectivity index (χ3v) is 7.57. The molecule has 0 aliphatic carbocycles. The topological polar surface area (TPSA) is 142 Å². The summed E-state index contributed by atoms with van der Waals surface area (Å²) in [5.41, 5.74) is 5.08. The highest BCUT2D eigenvalue weighted by molar-refractivity contribution is 6.06. The van der Waals surface area contributed by atoms with Gasteiger partial charge < -0.3 is 25.3 Å². The standard InChI is InChI=1S/C30H34FN11O2/c1-17-12-33-29(36-24-11-18(2)41(5)39-24)37-26(17)21-13-32-27-20(21)7-6-8-23(27)35-25(43)16-42-10-9-19(15-42)44-30-34-14-22(31)28(38-30)40(3)4/h6-8,11-14,19,32H,9-10,15-16H2,1-5H3,(H,35,43)(H,33,36,37,39). The first-order valence-corrected chi connectivity index (χ1v) is 14.2. The SMILES string of the molecule is Cc1cnc(Nc2cc(C)n(C)n2)nc1-c1c[nH]c2c(NC(=O)CN3CCC(Oc4ncc(F)c(N(C)C)n4)C3)cccc12. The summed E-state index contributed by atoms with van der Waals surface area (Å²) in [6.07, 6.45) is 5.29. The number of nitrogens with one attached hydrogen (secondary N) is 3. The van der Waals surface area contributed by atoms with Gasteiger partial charge in [-0.2, -0.15) is 10.1 Å². The highest BCUT2D eigenvalue weighted by atomic mass is 19.1. The van der Waals surface area contributed by atoms with Crippen LogP contribution in [0.5, 0.6) is 6.01 Å². The van der Waals surface area contributed by atoms with Crippen LogP contribution in [0.25, 0.3) is 22.2 Å². The fourth-order valence-electron chi connectivity index (χ4n) is 5.26. The molecular weight excluding hydrogens is 565 g/mol. The molecule has 0 spiro atoms. The Labute approximate surface area is 253 Å². The number of aromatic amines is 1. The van der Waals surface area contributed by atoms with E-state index in [-0.39, 0.29) is 30.4 Å². The van der Waals surface area contributed by atoms with Crippen LogP contribution in [0.4, 0.5) is 27.7 Å². The number of amides is 1. The van der Waals surface area contributed by atoms with Crippen molar-refractivity contribution in [3.05, 3.63) is 59.9 Å². The van der Waals surface area contributed by atoms with E-state index in [2.05, 4.69) is 35.7 Å². The first-order chi connectivity index (χ1) is 21.1. The summed E-state index contributed by atoms with van der Waals surface area (Å²) in [5, 5.41) is 11.6. The van der Waals surface area contributed by atoms with Gasteiger partial charge in [0.05, 0.1) is 29.6 Å². The lowest BCUT2D eigenvalue weighted by molar-refractivity contribution is -0.117. The molecule has 1 atom stereocenters. The Morgan fingerprint density at radius 1 is 1.20 bits per heavy atom. The van der Waals surface area contributed by atoms with Gasteiger partial charge in [0.15, 0.2) is 17.5 Å². The molecule has 0 saturated carbocycles. The third-order valence-electron chi connectivity index (χ3n) is 7.57. The Hall–Kier alpha value is -5.11. The summed E-state index contributed by atoms with van der Waals surface area (Å²) < 4.78 is 21.6. The number of benzene rings is 1. The van der Waals surface area contributed by atoms with Crippen molar-refractivity contribution in [1.82, 2.24) is 39.6 Å². The van der Waals surface area contributed by atoms with E-state index in [1.165, 1.54) is 0 Å². The second kappa shape index (κ2) is 11.9. The molecule has 5 heterocycles. The van der Waals surface area contributed by atoms with E-state index in [4.69, 9.17) is 9.72 Å². The number of ether oxygens (including phenoxy) is 1. The number of para-hydroxylation sites is 1. The van der Waals surface area contributed by atoms with Gasteiger partial charge in [-0.1, -0.05) is 12.1 Å². The quantitative estimate of drug-likeness (QED) is 0.229. The van der Waals surface area contributed by atoms with Gasteiger partial charge in [0.1, 0.15) is 6.10 Å². The molecule has 228 valence electrons. The minimum Gasteiger partial charge on any atom is -0.459 e. The predicted octanol–water partition coefficient (Wildman–Crippen LogP) is 3.81. The van der Waals surface area contributed by atoms with Crippen LogP contribution < -0.4 is 20.3 Å². The minimum absolute atomic E-state index is 0.120. The van der Waals surface area contributed by atoms with Crippen LogP contribution in [-0.2, 0) is 11.8 Å². The van der Waals surface area contributed by atoms with Crippen LogP contribution in [0.3, 0.4) is 0 Å². The van der Waals surface area contributed by atoms with Gasteiger partial charge in [-0.3, -0.25) is 14.4 Å². The Morgan fingerprint density at radius 2 is 2.05 bits per heavy atom. The molecule has 1 aliphatic heterocycles. The highest BCUT2D eigenvalue weighted by Crippen LogP contribution is 2.33. The van der Waals surface area contributed by atoms with Crippen LogP contribution in [-0.4, -0.2) is 85.3 Å². The first kappa shape index (κ1) is 29.0.